The van der Waals surface area contributed by atoms with E-state index in [1.165, 1.54) is 19.3 Å². The summed E-state index contributed by atoms with van der Waals surface area (Å²) in [4.78, 5) is 0. The fourth-order valence-electron chi connectivity index (χ4n) is 1.46. The summed E-state index contributed by atoms with van der Waals surface area (Å²) in [5, 5.41) is 3.47. The van der Waals surface area contributed by atoms with Crippen molar-refractivity contribution in [3.8, 4) is 0 Å². The van der Waals surface area contributed by atoms with Gasteiger partial charge in [-0.2, -0.15) is 0 Å². The Morgan fingerprint density at radius 3 is 2.43 bits per heavy atom. The molecule has 1 unspecified atom stereocenters. The largest absolute Gasteiger partial charge is 0.385 e. The molecule has 0 aliphatic rings. The predicted molar refractivity (Wildman–Crippen MR) is 62.6 cm³/mol. The van der Waals surface area contributed by atoms with Gasteiger partial charge in [-0.25, -0.2) is 0 Å². The highest BCUT2D eigenvalue weighted by Crippen LogP contribution is 2.09. The second-order valence-electron chi connectivity index (χ2n) is 4.63. The van der Waals surface area contributed by atoms with E-state index < -0.39 is 0 Å². The highest BCUT2D eigenvalue weighted by atomic mass is 16.5. The minimum Gasteiger partial charge on any atom is -0.385 e. The van der Waals surface area contributed by atoms with E-state index in [1.807, 2.05) is 0 Å². The van der Waals surface area contributed by atoms with Crippen LogP contribution in [0.25, 0.3) is 0 Å². The SMILES string of the molecule is COCCCC(C)CCNCC(C)C. The lowest BCUT2D eigenvalue weighted by Gasteiger charge is -2.12. The van der Waals surface area contributed by atoms with Gasteiger partial charge in [0.2, 0.25) is 0 Å². The molecule has 1 N–H and O–H groups in total. The van der Waals surface area contributed by atoms with E-state index in [0.29, 0.717) is 0 Å². The number of methoxy groups -OCH3 is 1. The molecule has 2 heteroatoms. The Kier molecular flexibility index (Phi) is 9.42. The normalized spacial score (nSPS) is 13.5. The molecule has 0 aliphatic heterocycles. The molecule has 0 aromatic carbocycles. The van der Waals surface area contributed by atoms with Gasteiger partial charge in [-0.3, -0.25) is 0 Å². The number of nitrogens with one attached hydrogen (secondary N) is 1. The molecule has 0 saturated carbocycles. The number of ether oxygens (including phenoxy) is 1. The van der Waals surface area contributed by atoms with E-state index in [4.69, 9.17) is 4.74 Å². The van der Waals surface area contributed by atoms with Crippen LogP contribution >= 0.6 is 0 Å². The van der Waals surface area contributed by atoms with Crippen molar-refractivity contribution in [2.75, 3.05) is 26.8 Å². The van der Waals surface area contributed by atoms with Crippen molar-refractivity contribution in [3.05, 3.63) is 0 Å². The van der Waals surface area contributed by atoms with E-state index in [-0.39, 0.29) is 0 Å². The summed E-state index contributed by atoms with van der Waals surface area (Å²) in [5.41, 5.74) is 0. The minimum absolute atomic E-state index is 0.763. The molecular weight excluding hydrogens is 174 g/mol. The van der Waals surface area contributed by atoms with E-state index in [9.17, 15) is 0 Å². The van der Waals surface area contributed by atoms with Crippen LogP contribution in [0.15, 0.2) is 0 Å². The topological polar surface area (TPSA) is 21.3 Å². The Labute approximate surface area is 89.4 Å². The van der Waals surface area contributed by atoms with Crippen molar-refractivity contribution < 1.29 is 4.74 Å². The van der Waals surface area contributed by atoms with Crippen molar-refractivity contribution in [1.29, 1.82) is 0 Å². The summed E-state index contributed by atoms with van der Waals surface area (Å²) in [6.45, 7) is 10.0. The van der Waals surface area contributed by atoms with Crippen LogP contribution in [0.1, 0.15) is 40.0 Å². The number of rotatable bonds is 9. The summed E-state index contributed by atoms with van der Waals surface area (Å²) >= 11 is 0. The lowest BCUT2D eigenvalue weighted by molar-refractivity contribution is 0.187. The van der Waals surface area contributed by atoms with Crippen LogP contribution in [0.4, 0.5) is 0 Å². The maximum atomic E-state index is 5.03. The Bertz CT molecular complexity index is 115. The molecule has 0 fully saturated rings. The summed E-state index contributed by atoms with van der Waals surface area (Å²) in [6, 6.07) is 0. The van der Waals surface area contributed by atoms with Crippen molar-refractivity contribution in [3.63, 3.8) is 0 Å². The fraction of sp³-hybridized carbons (Fsp3) is 1.00. The molecule has 0 amide bonds. The van der Waals surface area contributed by atoms with Crippen LogP contribution in [-0.4, -0.2) is 26.8 Å². The van der Waals surface area contributed by atoms with Crippen LogP contribution in [0.2, 0.25) is 0 Å². The van der Waals surface area contributed by atoms with Crippen molar-refractivity contribution in [1.82, 2.24) is 5.32 Å². The van der Waals surface area contributed by atoms with Gasteiger partial charge in [-0.05, 0) is 44.2 Å². The lowest BCUT2D eigenvalue weighted by atomic mass is 10.0. The Morgan fingerprint density at radius 2 is 1.86 bits per heavy atom. The molecule has 0 aliphatic carbocycles. The quantitative estimate of drug-likeness (QED) is 0.579. The first kappa shape index (κ1) is 13.9. The molecule has 0 saturated heterocycles. The highest BCUT2D eigenvalue weighted by Gasteiger charge is 2.01. The van der Waals surface area contributed by atoms with Crippen LogP contribution in [-0.2, 0) is 4.74 Å². The van der Waals surface area contributed by atoms with Gasteiger partial charge < -0.3 is 10.1 Å². The molecule has 1 atom stereocenters. The maximum Gasteiger partial charge on any atom is 0.0462 e. The van der Waals surface area contributed by atoms with Gasteiger partial charge in [0.05, 0.1) is 0 Å². The van der Waals surface area contributed by atoms with Gasteiger partial charge in [0.25, 0.3) is 0 Å². The van der Waals surface area contributed by atoms with Crippen LogP contribution in [0.3, 0.4) is 0 Å². The molecule has 0 heterocycles. The zero-order valence-electron chi connectivity index (χ0n) is 10.3. The zero-order chi connectivity index (χ0) is 10.8. The number of hydrogen-bond acceptors (Lipinski definition) is 2. The van der Waals surface area contributed by atoms with Gasteiger partial charge in [0.1, 0.15) is 0 Å². The van der Waals surface area contributed by atoms with Crippen LogP contribution in [0.5, 0.6) is 0 Å². The monoisotopic (exact) mass is 201 g/mol. The molecule has 0 spiro atoms. The molecule has 14 heavy (non-hydrogen) atoms. The average Bonchev–Trinajstić information content (AvgIpc) is 2.13. The van der Waals surface area contributed by atoms with Gasteiger partial charge >= 0.3 is 0 Å². The third-order valence-corrected chi connectivity index (χ3v) is 2.41. The third-order valence-electron chi connectivity index (χ3n) is 2.41. The molecule has 86 valence electrons. The number of hydrogen-bond donors (Lipinski definition) is 1. The summed E-state index contributed by atoms with van der Waals surface area (Å²) < 4.78 is 5.03. The van der Waals surface area contributed by atoms with Gasteiger partial charge in [0.15, 0.2) is 0 Å². The Morgan fingerprint density at radius 1 is 1.14 bits per heavy atom. The first-order valence-electron chi connectivity index (χ1n) is 5.86. The van der Waals surface area contributed by atoms with Crippen molar-refractivity contribution >= 4 is 0 Å². The molecule has 0 bridgehead atoms. The Hall–Kier alpha value is -0.0800. The molecular formula is C12H27NO. The second-order valence-corrected chi connectivity index (χ2v) is 4.63. The van der Waals surface area contributed by atoms with E-state index in [2.05, 4.69) is 26.1 Å². The Balaban J connectivity index is 3.14. The molecule has 0 aromatic heterocycles. The van der Waals surface area contributed by atoms with Crippen molar-refractivity contribution in [2.24, 2.45) is 11.8 Å². The van der Waals surface area contributed by atoms with E-state index in [1.54, 1.807) is 7.11 Å². The molecule has 0 rings (SSSR count). The van der Waals surface area contributed by atoms with E-state index in [0.717, 1.165) is 31.5 Å². The zero-order valence-corrected chi connectivity index (χ0v) is 10.3. The average molecular weight is 201 g/mol. The summed E-state index contributed by atoms with van der Waals surface area (Å²) in [7, 11) is 1.77. The van der Waals surface area contributed by atoms with Gasteiger partial charge in [0, 0.05) is 13.7 Å². The third kappa shape index (κ3) is 10.0. The summed E-state index contributed by atoms with van der Waals surface area (Å²) in [5.74, 6) is 1.59. The summed E-state index contributed by atoms with van der Waals surface area (Å²) in [6.07, 6.45) is 3.77. The standard InChI is InChI=1S/C12H27NO/c1-11(2)10-13-8-7-12(3)6-5-9-14-4/h11-13H,5-10H2,1-4H3. The fourth-order valence-corrected chi connectivity index (χ4v) is 1.46. The van der Waals surface area contributed by atoms with Crippen LogP contribution < -0.4 is 5.32 Å². The first-order valence-corrected chi connectivity index (χ1v) is 5.86. The minimum atomic E-state index is 0.763. The molecule has 2 nitrogen and oxygen atoms in total. The van der Waals surface area contributed by atoms with Crippen molar-refractivity contribution in [2.45, 2.75) is 40.0 Å². The second kappa shape index (κ2) is 9.47. The lowest BCUT2D eigenvalue weighted by Crippen LogP contribution is -2.22. The molecule has 0 radical (unpaired) electrons. The van der Waals surface area contributed by atoms with E-state index >= 15 is 0 Å². The predicted octanol–water partition coefficient (Wildman–Crippen LogP) is 2.68. The van der Waals surface area contributed by atoms with Gasteiger partial charge in [-0.1, -0.05) is 20.8 Å². The van der Waals surface area contributed by atoms with Crippen LogP contribution in [0, 0.1) is 11.8 Å². The van der Waals surface area contributed by atoms with Gasteiger partial charge in [-0.15, -0.1) is 0 Å². The highest BCUT2D eigenvalue weighted by molar-refractivity contribution is 4.57. The maximum absolute atomic E-state index is 5.03. The molecule has 0 aromatic rings. The smallest absolute Gasteiger partial charge is 0.0462 e. The first-order chi connectivity index (χ1) is 6.66.